The average Bonchev–Trinajstić information content (AvgIpc) is 2.77. The second-order valence-electron chi connectivity index (χ2n) is 2.73. The standard InChI is InChI=1S/C6H8N6O2S/c1-12-6(7-4-9-12)11-15(13,14)5-2-3-8-10-5/h2-4H,1H3,(H,8,10)(H,7,9,11). The van der Waals surface area contributed by atoms with E-state index in [2.05, 4.69) is 25.0 Å². The van der Waals surface area contributed by atoms with Gasteiger partial charge in [-0.05, 0) is 6.07 Å². The SMILES string of the molecule is Cn1ncnc1NS(=O)(=O)c1ccn[nH]1. The second kappa shape index (κ2) is 3.35. The molecule has 2 N–H and O–H groups in total. The highest BCUT2D eigenvalue weighted by Gasteiger charge is 2.17. The molecule has 0 aliphatic carbocycles. The van der Waals surface area contributed by atoms with Crippen molar-refractivity contribution in [2.45, 2.75) is 5.03 Å². The van der Waals surface area contributed by atoms with E-state index in [0.717, 1.165) is 0 Å². The third-order valence-corrected chi connectivity index (χ3v) is 2.96. The molecule has 0 amide bonds. The van der Waals surface area contributed by atoms with Gasteiger partial charge in [0.05, 0.1) is 6.20 Å². The molecule has 0 aliphatic heterocycles. The van der Waals surface area contributed by atoms with E-state index in [-0.39, 0.29) is 11.0 Å². The highest BCUT2D eigenvalue weighted by molar-refractivity contribution is 7.92. The fraction of sp³-hybridized carbons (Fsp3) is 0.167. The van der Waals surface area contributed by atoms with Crippen LogP contribution in [0.1, 0.15) is 0 Å². The predicted molar refractivity (Wildman–Crippen MR) is 50.4 cm³/mol. The Labute approximate surface area is 85.4 Å². The van der Waals surface area contributed by atoms with Crippen LogP contribution in [-0.4, -0.2) is 33.4 Å². The summed E-state index contributed by atoms with van der Waals surface area (Å²) in [5.74, 6) is 0.143. The summed E-state index contributed by atoms with van der Waals surface area (Å²) in [5.41, 5.74) is 0. The molecule has 2 aromatic heterocycles. The number of aromatic amines is 1. The summed E-state index contributed by atoms with van der Waals surface area (Å²) in [4.78, 5) is 3.74. The first kappa shape index (κ1) is 9.65. The summed E-state index contributed by atoms with van der Waals surface area (Å²) in [5, 5.41) is 9.62. The van der Waals surface area contributed by atoms with Crippen LogP contribution < -0.4 is 4.72 Å². The van der Waals surface area contributed by atoms with E-state index >= 15 is 0 Å². The van der Waals surface area contributed by atoms with Crippen molar-refractivity contribution in [1.29, 1.82) is 0 Å². The summed E-state index contributed by atoms with van der Waals surface area (Å²) < 4.78 is 26.9. The van der Waals surface area contributed by atoms with E-state index in [9.17, 15) is 8.42 Å². The van der Waals surface area contributed by atoms with Gasteiger partial charge in [-0.25, -0.2) is 9.40 Å². The van der Waals surface area contributed by atoms with E-state index in [1.165, 1.54) is 23.3 Å². The Hall–Kier alpha value is -1.90. The van der Waals surface area contributed by atoms with Crippen LogP contribution >= 0.6 is 0 Å². The molecule has 0 fully saturated rings. The largest absolute Gasteiger partial charge is 0.281 e. The van der Waals surface area contributed by atoms with Crippen LogP contribution in [0.3, 0.4) is 0 Å². The van der Waals surface area contributed by atoms with Gasteiger partial charge in [-0.3, -0.25) is 5.10 Å². The average molecular weight is 228 g/mol. The Balaban J connectivity index is 2.31. The third-order valence-electron chi connectivity index (χ3n) is 1.70. The van der Waals surface area contributed by atoms with Crippen LogP contribution in [0.2, 0.25) is 0 Å². The van der Waals surface area contributed by atoms with Crippen LogP contribution in [0.5, 0.6) is 0 Å². The lowest BCUT2D eigenvalue weighted by Crippen LogP contribution is -2.16. The fourth-order valence-electron chi connectivity index (χ4n) is 0.957. The van der Waals surface area contributed by atoms with E-state index in [1.54, 1.807) is 7.05 Å². The molecule has 0 radical (unpaired) electrons. The summed E-state index contributed by atoms with van der Waals surface area (Å²) in [6.45, 7) is 0. The fourth-order valence-corrected chi connectivity index (χ4v) is 1.90. The molecule has 9 heteroatoms. The molecule has 0 aliphatic rings. The zero-order valence-corrected chi connectivity index (χ0v) is 8.56. The van der Waals surface area contributed by atoms with Gasteiger partial charge in [0.1, 0.15) is 6.33 Å². The predicted octanol–water partition coefficient (Wildman–Crippen LogP) is -0.661. The van der Waals surface area contributed by atoms with Gasteiger partial charge >= 0.3 is 0 Å². The van der Waals surface area contributed by atoms with E-state index in [1.807, 2.05) is 0 Å². The minimum Gasteiger partial charge on any atom is -0.266 e. The third kappa shape index (κ3) is 1.81. The normalized spacial score (nSPS) is 11.5. The number of hydrogen-bond acceptors (Lipinski definition) is 5. The smallest absolute Gasteiger partial charge is 0.266 e. The Morgan fingerprint density at radius 2 is 2.33 bits per heavy atom. The Bertz CT molecular complexity index is 542. The van der Waals surface area contributed by atoms with Gasteiger partial charge in [0.25, 0.3) is 10.0 Å². The molecule has 2 heterocycles. The maximum absolute atomic E-state index is 11.6. The van der Waals surface area contributed by atoms with E-state index < -0.39 is 10.0 Å². The van der Waals surface area contributed by atoms with Gasteiger partial charge in [0.2, 0.25) is 5.95 Å². The van der Waals surface area contributed by atoms with Crippen LogP contribution in [0.15, 0.2) is 23.6 Å². The number of aromatic nitrogens is 5. The number of nitrogens with one attached hydrogen (secondary N) is 2. The van der Waals surface area contributed by atoms with E-state index in [0.29, 0.717) is 0 Å². The Kier molecular flexibility index (Phi) is 2.15. The number of rotatable bonds is 3. The summed E-state index contributed by atoms with van der Waals surface area (Å²) in [6.07, 6.45) is 2.61. The maximum atomic E-state index is 11.6. The number of nitrogens with zero attached hydrogens (tertiary/aromatic N) is 4. The van der Waals surface area contributed by atoms with Crippen molar-refractivity contribution in [3.63, 3.8) is 0 Å². The Morgan fingerprint density at radius 1 is 1.53 bits per heavy atom. The van der Waals surface area contributed by atoms with Crippen LogP contribution in [-0.2, 0) is 17.1 Å². The lowest BCUT2D eigenvalue weighted by molar-refractivity contribution is 0.596. The molecule has 0 spiro atoms. The second-order valence-corrected chi connectivity index (χ2v) is 4.38. The van der Waals surface area contributed by atoms with Crippen molar-refractivity contribution in [3.05, 3.63) is 18.6 Å². The van der Waals surface area contributed by atoms with Gasteiger partial charge in [0, 0.05) is 7.05 Å². The molecule has 15 heavy (non-hydrogen) atoms. The summed E-state index contributed by atoms with van der Waals surface area (Å²) in [7, 11) is -2.07. The molecule has 0 atom stereocenters. The van der Waals surface area contributed by atoms with Crippen molar-refractivity contribution in [1.82, 2.24) is 25.0 Å². The summed E-state index contributed by atoms with van der Waals surface area (Å²) >= 11 is 0. The van der Waals surface area contributed by atoms with Crippen molar-refractivity contribution < 1.29 is 8.42 Å². The zero-order chi connectivity index (χ0) is 10.9. The molecular weight excluding hydrogens is 220 g/mol. The Morgan fingerprint density at radius 3 is 2.87 bits per heavy atom. The number of H-pyrrole nitrogens is 1. The molecule has 0 bridgehead atoms. The van der Waals surface area contributed by atoms with Crippen LogP contribution in [0, 0.1) is 0 Å². The molecule has 2 rings (SSSR count). The van der Waals surface area contributed by atoms with Gasteiger partial charge < -0.3 is 0 Å². The highest BCUT2D eigenvalue weighted by atomic mass is 32.2. The molecule has 0 unspecified atom stereocenters. The lowest BCUT2D eigenvalue weighted by Gasteiger charge is -2.03. The summed E-state index contributed by atoms with van der Waals surface area (Å²) in [6, 6.07) is 1.35. The molecule has 0 saturated carbocycles. The topological polar surface area (TPSA) is 106 Å². The monoisotopic (exact) mass is 228 g/mol. The minimum atomic E-state index is -3.65. The van der Waals surface area contributed by atoms with E-state index in [4.69, 9.17) is 0 Å². The molecule has 0 saturated heterocycles. The van der Waals surface area contributed by atoms with Crippen LogP contribution in [0.25, 0.3) is 0 Å². The quantitative estimate of drug-likeness (QED) is 0.725. The zero-order valence-electron chi connectivity index (χ0n) is 7.75. The molecule has 0 aromatic carbocycles. The van der Waals surface area contributed by atoms with Crippen LogP contribution in [0.4, 0.5) is 5.95 Å². The number of aryl methyl sites for hydroxylation is 1. The van der Waals surface area contributed by atoms with Crippen molar-refractivity contribution in [2.24, 2.45) is 7.05 Å². The molecular formula is C6H8N6O2S. The lowest BCUT2D eigenvalue weighted by atomic mass is 10.8. The molecule has 8 nitrogen and oxygen atoms in total. The van der Waals surface area contributed by atoms with Gasteiger partial charge in [-0.1, -0.05) is 0 Å². The van der Waals surface area contributed by atoms with Gasteiger partial charge in [-0.2, -0.15) is 23.6 Å². The number of sulfonamides is 1. The first-order valence-electron chi connectivity index (χ1n) is 3.96. The van der Waals surface area contributed by atoms with Gasteiger partial charge in [-0.15, -0.1) is 0 Å². The first-order valence-corrected chi connectivity index (χ1v) is 5.44. The maximum Gasteiger partial charge on any atom is 0.281 e. The van der Waals surface area contributed by atoms with Crippen molar-refractivity contribution in [2.75, 3.05) is 4.72 Å². The molecule has 2 aromatic rings. The highest BCUT2D eigenvalue weighted by Crippen LogP contribution is 2.09. The van der Waals surface area contributed by atoms with Gasteiger partial charge in [0.15, 0.2) is 5.03 Å². The minimum absolute atomic E-state index is 0.0227. The first-order chi connectivity index (χ1) is 7.09. The number of anilines is 1. The molecule has 80 valence electrons. The van der Waals surface area contributed by atoms with Crippen molar-refractivity contribution in [3.8, 4) is 0 Å². The van der Waals surface area contributed by atoms with Crippen molar-refractivity contribution >= 4 is 16.0 Å². The number of hydrogen-bond donors (Lipinski definition) is 2.